The molecule has 128 valence electrons. The number of ether oxygens (including phenoxy) is 1. The van der Waals surface area contributed by atoms with Crippen molar-refractivity contribution in [1.29, 1.82) is 0 Å². The zero-order valence-corrected chi connectivity index (χ0v) is 13.5. The molecule has 0 aliphatic carbocycles. The second-order valence-corrected chi connectivity index (χ2v) is 5.52. The SMILES string of the molecule is CC(C)C(=O)OCCCCCC(=O)n1cc(F)c(=O)n(C)c1=O. The first-order valence-corrected chi connectivity index (χ1v) is 7.43. The van der Waals surface area contributed by atoms with E-state index < -0.39 is 23.0 Å². The van der Waals surface area contributed by atoms with Crippen LogP contribution in [0.1, 0.15) is 44.3 Å². The number of hydrogen-bond donors (Lipinski definition) is 0. The molecule has 0 bridgehead atoms. The second kappa shape index (κ2) is 8.40. The first-order valence-electron chi connectivity index (χ1n) is 7.43. The van der Waals surface area contributed by atoms with E-state index in [2.05, 4.69) is 0 Å². The van der Waals surface area contributed by atoms with E-state index in [1.54, 1.807) is 13.8 Å². The third kappa shape index (κ3) is 5.15. The van der Waals surface area contributed by atoms with Crippen LogP contribution in [0.3, 0.4) is 0 Å². The molecule has 0 spiro atoms. The van der Waals surface area contributed by atoms with E-state index in [1.807, 2.05) is 0 Å². The molecule has 0 aliphatic rings. The predicted molar refractivity (Wildman–Crippen MR) is 80.8 cm³/mol. The van der Waals surface area contributed by atoms with Crippen molar-refractivity contribution in [2.24, 2.45) is 13.0 Å². The summed E-state index contributed by atoms with van der Waals surface area (Å²) < 4.78 is 19.5. The van der Waals surface area contributed by atoms with Crippen LogP contribution in [0.5, 0.6) is 0 Å². The van der Waals surface area contributed by atoms with Gasteiger partial charge in [-0.15, -0.1) is 0 Å². The van der Waals surface area contributed by atoms with Crippen molar-refractivity contribution in [3.05, 3.63) is 32.9 Å². The van der Waals surface area contributed by atoms with Gasteiger partial charge in [-0.3, -0.25) is 19.0 Å². The molecule has 1 aromatic heterocycles. The quantitative estimate of drug-likeness (QED) is 0.552. The Morgan fingerprint density at radius 2 is 1.87 bits per heavy atom. The Morgan fingerprint density at radius 3 is 2.48 bits per heavy atom. The Bertz CT molecular complexity index is 690. The summed E-state index contributed by atoms with van der Waals surface area (Å²) in [6, 6.07) is 0. The first kappa shape index (κ1) is 18.8. The monoisotopic (exact) mass is 328 g/mol. The van der Waals surface area contributed by atoms with Crippen molar-refractivity contribution >= 4 is 11.9 Å². The van der Waals surface area contributed by atoms with E-state index >= 15 is 0 Å². The van der Waals surface area contributed by atoms with Gasteiger partial charge in [0.1, 0.15) is 0 Å². The van der Waals surface area contributed by atoms with Gasteiger partial charge in [-0.25, -0.2) is 9.36 Å². The van der Waals surface area contributed by atoms with Gasteiger partial charge >= 0.3 is 11.7 Å². The highest BCUT2D eigenvalue weighted by molar-refractivity contribution is 5.78. The van der Waals surface area contributed by atoms with Crippen molar-refractivity contribution in [2.75, 3.05) is 6.61 Å². The van der Waals surface area contributed by atoms with Crippen molar-refractivity contribution in [3.63, 3.8) is 0 Å². The maximum atomic E-state index is 13.3. The summed E-state index contributed by atoms with van der Waals surface area (Å²) >= 11 is 0. The second-order valence-electron chi connectivity index (χ2n) is 5.52. The molecule has 0 fully saturated rings. The first-order chi connectivity index (χ1) is 10.8. The number of esters is 1. The zero-order chi connectivity index (χ0) is 17.6. The van der Waals surface area contributed by atoms with Gasteiger partial charge in [0.05, 0.1) is 18.7 Å². The van der Waals surface area contributed by atoms with E-state index in [-0.39, 0.29) is 24.9 Å². The Morgan fingerprint density at radius 1 is 1.22 bits per heavy atom. The summed E-state index contributed by atoms with van der Waals surface area (Å²) in [5, 5.41) is 0. The number of unbranched alkanes of at least 4 members (excludes halogenated alkanes) is 2. The van der Waals surface area contributed by atoms with Gasteiger partial charge in [0.15, 0.2) is 0 Å². The molecular weight excluding hydrogens is 307 g/mol. The molecule has 0 aliphatic heterocycles. The fourth-order valence-electron chi connectivity index (χ4n) is 1.83. The summed E-state index contributed by atoms with van der Waals surface area (Å²) in [7, 11) is 1.11. The maximum absolute atomic E-state index is 13.3. The van der Waals surface area contributed by atoms with E-state index in [4.69, 9.17) is 4.74 Å². The Labute approximate surface area is 132 Å². The summed E-state index contributed by atoms with van der Waals surface area (Å²) in [6.07, 6.45) is 2.35. The summed E-state index contributed by atoms with van der Waals surface area (Å²) in [5.41, 5.74) is -1.93. The third-order valence-corrected chi connectivity index (χ3v) is 3.26. The fourth-order valence-corrected chi connectivity index (χ4v) is 1.83. The van der Waals surface area contributed by atoms with Crippen molar-refractivity contribution in [2.45, 2.75) is 39.5 Å². The highest BCUT2D eigenvalue weighted by Gasteiger charge is 2.13. The molecule has 23 heavy (non-hydrogen) atoms. The number of rotatable bonds is 7. The van der Waals surface area contributed by atoms with Crippen LogP contribution < -0.4 is 11.2 Å². The minimum absolute atomic E-state index is 0.0374. The topological polar surface area (TPSA) is 87.4 Å². The van der Waals surface area contributed by atoms with Crippen molar-refractivity contribution in [3.8, 4) is 0 Å². The number of nitrogens with zero attached hydrogens (tertiary/aromatic N) is 2. The average Bonchev–Trinajstić information content (AvgIpc) is 2.51. The Hall–Kier alpha value is -2.25. The standard InChI is InChI=1S/C15H21FN2O5/c1-10(2)14(21)23-8-6-4-5-7-12(19)18-9-11(16)13(20)17(3)15(18)22/h9-10H,4-8H2,1-3H3. The summed E-state index contributed by atoms with van der Waals surface area (Å²) in [5.74, 6) is -2.18. The highest BCUT2D eigenvalue weighted by atomic mass is 19.1. The lowest BCUT2D eigenvalue weighted by atomic mass is 10.2. The number of halogens is 1. The van der Waals surface area contributed by atoms with Gasteiger partial charge < -0.3 is 4.74 Å². The van der Waals surface area contributed by atoms with Gasteiger partial charge in [0.2, 0.25) is 11.7 Å². The molecule has 1 aromatic rings. The van der Waals surface area contributed by atoms with Crippen LogP contribution in [-0.4, -0.2) is 27.6 Å². The smallest absolute Gasteiger partial charge is 0.337 e. The molecule has 0 saturated heterocycles. The number of carbonyl (C=O) groups is 2. The minimum atomic E-state index is -1.15. The van der Waals surface area contributed by atoms with Crippen LogP contribution in [0.4, 0.5) is 4.39 Å². The predicted octanol–water partition coefficient (Wildman–Crippen LogP) is 1.09. The molecule has 1 heterocycles. The number of hydrogen-bond acceptors (Lipinski definition) is 5. The maximum Gasteiger partial charge on any atom is 0.337 e. The van der Waals surface area contributed by atoms with Crippen LogP contribution in [0.25, 0.3) is 0 Å². The molecule has 0 saturated carbocycles. The largest absolute Gasteiger partial charge is 0.465 e. The van der Waals surface area contributed by atoms with Crippen LogP contribution in [0.2, 0.25) is 0 Å². The molecule has 0 unspecified atom stereocenters. The van der Waals surface area contributed by atoms with Gasteiger partial charge in [0, 0.05) is 13.5 Å². The van der Waals surface area contributed by atoms with Crippen LogP contribution >= 0.6 is 0 Å². The van der Waals surface area contributed by atoms with Crippen LogP contribution in [-0.2, 0) is 16.6 Å². The molecule has 1 rings (SSSR count). The lowest BCUT2D eigenvalue weighted by molar-refractivity contribution is -0.147. The molecule has 0 atom stereocenters. The Balaban J connectivity index is 2.46. The van der Waals surface area contributed by atoms with Gasteiger partial charge in [-0.2, -0.15) is 4.39 Å². The van der Waals surface area contributed by atoms with E-state index in [0.717, 1.165) is 7.05 Å². The number of aromatic nitrogens is 2. The molecule has 0 amide bonds. The van der Waals surface area contributed by atoms with E-state index in [1.165, 1.54) is 0 Å². The van der Waals surface area contributed by atoms with E-state index in [0.29, 0.717) is 34.6 Å². The molecule has 0 aromatic carbocycles. The summed E-state index contributed by atoms with van der Waals surface area (Å²) in [4.78, 5) is 46.1. The summed E-state index contributed by atoms with van der Waals surface area (Å²) in [6.45, 7) is 3.76. The molecular formula is C15H21FN2O5. The zero-order valence-electron chi connectivity index (χ0n) is 13.5. The average molecular weight is 328 g/mol. The number of carbonyl (C=O) groups excluding carboxylic acids is 2. The van der Waals surface area contributed by atoms with Crippen molar-refractivity contribution in [1.82, 2.24) is 9.13 Å². The van der Waals surface area contributed by atoms with Gasteiger partial charge in [-0.1, -0.05) is 13.8 Å². The molecule has 7 nitrogen and oxygen atoms in total. The molecule has 0 radical (unpaired) electrons. The van der Waals surface area contributed by atoms with E-state index in [9.17, 15) is 23.6 Å². The fraction of sp³-hybridized carbons (Fsp3) is 0.600. The van der Waals surface area contributed by atoms with Crippen LogP contribution in [0, 0.1) is 11.7 Å². The Kier molecular flexibility index (Phi) is 6.87. The normalized spacial score (nSPS) is 10.8. The van der Waals surface area contributed by atoms with Crippen molar-refractivity contribution < 1.29 is 18.7 Å². The highest BCUT2D eigenvalue weighted by Crippen LogP contribution is 2.04. The molecule has 8 heteroatoms. The molecule has 0 N–H and O–H groups in total. The minimum Gasteiger partial charge on any atom is -0.465 e. The van der Waals surface area contributed by atoms with Gasteiger partial charge in [-0.05, 0) is 19.3 Å². The lowest BCUT2D eigenvalue weighted by Crippen LogP contribution is -2.41. The van der Waals surface area contributed by atoms with Gasteiger partial charge in [0.25, 0.3) is 5.56 Å². The lowest BCUT2D eigenvalue weighted by Gasteiger charge is -2.08. The van der Waals surface area contributed by atoms with Crippen LogP contribution in [0.15, 0.2) is 15.8 Å². The third-order valence-electron chi connectivity index (χ3n) is 3.26.